The zero-order valence-corrected chi connectivity index (χ0v) is 11.9. The van der Waals surface area contributed by atoms with E-state index in [-0.39, 0.29) is 34.7 Å². The second kappa shape index (κ2) is 5.47. The third-order valence-electron chi connectivity index (χ3n) is 3.49. The highest BCUT2D eigenvalue weighted by Crippen LogP contribution is 2.33. The van der Waals surface area contributed by atoms with Gasteiger partial charge in [-0.2, -0.15) is 0 Å². The Morgan fingerprint density at radius 3 is 2.65 bits per heavy atom. The highest BCUT2D eigenvalue weighted by molar-refractivity contribution is 7.89. The van der Waals surface area contributed by atoms with E-state index < -0.39 is 14.9 Å². The van der Waals surface area contributed by atoms with Crippen molar-refractivity contribution >= 4 is 15.7 Å². The summed E-state index contributed by atoms with van der Waals surface area (Å²) in [6.45, 7) is 1.65. The molecule has 1 aromatic rings. The molecular weight excluding hydrogens is 282 g/mol. The van der Waals surface area contributed by atoms with Crippen LogP contribution in [0.15, 0.2) is 23.1 Å². The summed E-state index contributed by atoms with van der Waals surface area (Å²) < 4.78 is 27.2. The molecule has 1 fully saturated rings. The highest BCUT2D eigenvalue weighted by Gasteiger charge is 2.34. The molecule has 1 atom stereocenters. The number of nitrogens with zero attached hydrogens (tertiary/aromatic N) is 1. The lowest BCUT2D eigenvalue weighted by atomic mass is 10.2. The van der Waals surface area contributed by atoms with Gasteiger partial charge in [0, 0.05) is 24.2 Å². The van der Waals surface area contributed by atoms with Crippen LogP contribution in [-0.4, -0.2) is 25.9 Å². The minimum absolute atomic E-state index is 0.0641. The summed E-state index contributed by atoms with van der Waals surface area (Å²) in [5, 5.41) is 10.9. The van der Waals surface area contributed by atoms with Gasteiger partial charge in [-0.3, -0.25) is 10.1 Å². The van der Waals surface area contributed by atoms with E-state index in [1.165, 1.54) is 25.1 Å². The Hall–Kier alpha value is -1.51. The molecule has 110 valence electrons. The molecule has 0 heterocycles. The van der Waals surface area contributed by atoms with Crippen LogP contribution in [0.2, 0.25) is 0 Å². The number of nitro benzene ring substituents is 1. The lowest BCUT2D eigenvalue weighted by molar-refractivity contribution is -0.385. The number of benzene rings is 1. The smallest absolute Gasteiger partial charge is 0.273 e. The number of nitrogens with one attached hydrogen (secondary N) is 1. The number of hydrogen-bond acceptors (Lipinski definition) is 5. The maximum Gasteiger partial charge on any atom is 0.273 e. The number of nitrogens with two attached hydrogens (primary N) is 1. The first-order valence-corrected chi connectivity index (χ1v) is 7.81. The molecule has 1 aromatic carbocycles. The summed E-state index contributed by atoms with van der Waals surface area (Å²) in [6, 6.07) is 3.72. The van der Waals surface area contributed by atoms with Gasteiger partial charge in [0.1, 0.15) is 0 Å². The first-order valence-electron chi connectivity index (χ1n) is 6.33. The third-order valence-corrected chi connectivity index (χ3v) is 5.13. The maximum absolute atomic E-state index is 12.3. The fourth-order valence-electron chi connectivity index (χ4n) is 2.19. The summed E-state index contributed by atoms with van der Waals surface area (Å²) in [5.74, 6) is 0.272. The van der Waals surface area contributed by atoms with Crippen molar-refractivity contribution in [2.75, 3.05) is 6.54 Å². The monoisotopic (exact) mass is 299 g/mol. The summed E-state index contributed by atoms with van der Waals surface area (Å²) >= 11 is 0. The number of sulfonamides is 1. The van der Waals surface area contributed by atoms with Crippen molar-refractivity contribution in [1.29, 1.82) is 0 Å². The Bertz CT molecular complexity index is 626. The van der Waals surface area contributed by atoms with Gasteiger partial charge in [0.15, 0.2) is 0 Å². The van der Waals surface area contributed by atoms with E-state index >= 15 is 0 Å². The van der Waals surface area contributed by atoms with Gasteiger partial charge in [0.25, 0.3) is 5.69 Å². The SMILES string of the molecule is Cc1c([N+](=O)[O-])cccc1S(=O)(=O)NC(CN)C1CC1. The van der Waals surface area contributed by atoms with E-state index in [4.69, 9.17) is 5.73 Å². The van der Waals surface area contributed by atoms with Gasteiger partial charge < -0.3 is 5.73 Å². The molecule has 2 rings (SSSR count). The predicted molar refractivity (Wildman–Crippen MR) is 73.7 cm³/mol. The molecule has 0 radical (unpaired) electrons. The van der Waals surface area contributed by atoms with Crippen LogP contribution in [0.4, 0.5) is 5.69 Å². The molecule has 0 aromatic heterocycles. The van der Waals surface area contributed by atoms with E-state index in [9.17, 15) is 18.5 Å². The molecular formula is C12H17N3O4S. The van der Waals surface area contributed by atoms with Crippen LogP contribution in [0.1, 0.15) is 18.4 Å². The first-order chi connectivity index (χ1) is 9.36. The second-order valence-corrected chi connectivity index (χ2v) is 6.64. The molecule has 0 amide bonds. The lowest BCUT2D eigenvalue weighted by Crippen LogP contribution is -2.41. The summed E-state index contributed by atoms with van der Waals surface area (Å²) in [7, 11) is -3.80. The summed E-state index contributed by atoms with van der Waals surface area (Å²) in [5.41, 5.74) is 5.51. The van der Waals surface area contributed by atoms with Gasteiger partial charge in [0.05, 0.1) is 9.82 Å². The molecule has 0 aliphatic heterocycles. The molecule has 8 heteroatoms. The molecule has 1 unspecified atom stereocenters. The van der Waals surface area contributed by atoms with Crippen molar-refractivity contribution in [1.82, 2.24) is 4.72 Å². The van der Waals surface area contributed by atoms with Crippen LogP contribution in [0.3, 0.4) is 0 Å². The zero-order chi connectivity index (χ0) is 14.9. The molecule has 3 N–H and O–H groups in total. The van der Waals surface area contributed by atoms with Gasteiger partial charge in [-0.15, -0.1) is 0 Å². The molecule has 1 aliphatic rings. The Kier molecular flexibility index (Phi) is 4.07. The third kappa shape index (κ3) is 2.97. The highest BCUT2D eigenvalue weighted by atomic mass is 32.2. The van der Waals surface area contributed by atoms with Gasteiger partial charge in [-0.1, -0.05) is 6.07 Å². The Morgan fingerprint density at radius 2 is 2.15 bits per heavy atom. The normalized spacial score (nSPS) is 16.9. The van der Waals surface area contributed by atoms with Crippen LogP contribution in [0.25, 0.3) is 0 Å². The van der Waals surface area contributed by atoms with Crippen LogP contribution in [0.5, 0.6) is 0 Å². The largest absolute Gasteiger partial charge is 0.329 e. The minimum Gasteiger partial charge on any atom is -0.329 e. The van der Waals surface area contributed by atoms with Crippen molar-refractivity contribution in [3.05, 3.63) is 33.9 Å². The Balaban J connectivity index is 2.34. The van der Waals surface area contributed by atoms with Gasteiger partial charge in [0.2, 0.25) is 10.0 Å². The Morgan fingerprint density at radius 1 is 1.50 bits per heavy atom. The number of rotatable bonds is 6. The van der Waals surface area contributed by atoms with E-state index in [0.29, 0.717) is 0 Å². The van der Waals surface area contributed by atoms with Gasteiger partial charge in [-0.05, 0) is 31.7 Å². The number of nitro groups is 1. The van der Waals surface area contributed by atoms with Crippen molar-refractivity contribution < 1.29 is 13.3 Å². The lowest BCUT2D eigenvalue weighted by Gasteiger charge is -2.17. The molecule has 0 spiro atoms. The molecule has 20 heavy (non-hydrogen) atoms. The maximum atomic E-state index is 12.3. The fourth-order valence-corrected chi connectivity index (χ4v) is 3.77. The first kappa shape index (κ1) is 14.9. The van der Waals surface area contributed by atoms with Crippen molar-refractivity contribution in [3.63, 3.8) is 0 Å². The second-order valence-electron chi connectivity index (χ2n) is 4.96. The average molecular weight is 299 g/mol. The van der Waals surface area contributed by atoms with Gasteiger partial charge >= 0.3 is 0 Å². The summed E-state index contributed by atoms with van der Waals surface area (Å²) in [6.07, 6.45) is 1.91. The van der Waals surface area contributed by atoms with Crippen molar-refractivity contribution in [2.24, 2.45) is 11.7 Å². The van der Waals surface area contributed by atoms with E-state index in [1.807, 2.05) is 0 Å². The van der Waals surface area contributed by atoms with Gasteiger partial charge in [-0.25, -0.2) is 13.1 Å². The topological polar surface area (TPSA) is 115 Å². The van der Waals surface area contributed by atoms with Crippen LogP contribution >= 0.6 is 0 Å². The van der Waals surface area contributed by atoms with Crippen LogP contribution < -0.4 is 10.5 Å². The molecule has 7 nitrogen and oxygen atoms in total. The Labute approximate surface area is 117 Å². The predicted octanol–water partition coefficient (Wildman–Crippen LogP) is 0.919. The van der Waals surface area contributed by atoms with Crippen LogP contribution in [0, 0.1) is 23.0 Å². The average Bonchev–Trinajstić information content (AvgIpc) is 3.20. The van der Waals surface area contributed by atoms with Crippen molar-refractivity contribution in [2.45, 2.75) is 30.7 Å². The van der Waals surface area contributed by atoms with Crippen molar-refractivity contribution in [3.8, 4) is 0 Å². The zero-order valence-electron chi connectivity index (χ0n) is 11.1. The molecule has 0 saturated heterocycles. The van der Waals surface area contributed by atoms with E-state index in [0.717, 1.165) is 12.8 Å². The molecule has 1 saturated carbocycles. The standard InChI is InChI=1S/C12H17N3O4S/c1-8-11(15(16)17)3-2-4-12(8)20(18,19)14-10(7-13)9-5-6-9/h2-4,9-10,14H,5-7,13H2,1H3. The quantitative estimate of drug-likeness (QED) is 0.598. The van der Waals surface area contributed by atoms with E-state index in [2.05, 4.69) is 4.72 Å². The minimum atomic E-state index is -3.80. The van der Waals surface area contributed by atoms with E-state index in [1.54, 1.807) is 0 Å². The number of hydrogen-bond donors (Lipinski definition) is 2. The summed E-state index contributed by atoms with van der Waals surface area (Å²) in [4.78, 5) is 10.2. The molecule has 1 aliphatic carbocycles. The van der Waals surface area contributed by atoms with Crippen LogP contribution in [-0.2, 0) is 10.0 Å². The molecule has 0 bridgehead atoms. The fraction of sp³-hybridized carbons (Fsp3) is 0.500.